The summed E-state index contributed by atoms with van der Waals surface area (Å²) in [4.78, 5) is 9.51. The quantitative estimate of drug-likeness (QED) is 0.836. The molecular weight excluding hydrogens is 338 g/mol. The van der Waals surface area contributed by atoms with Crippen molar-refractivity contribution < 1.29 is 0 Å². The number of benzene rings is 1. The van der Waals surface area contributed by atoms with Crippen molar-refractivity contribution in [2.24, 2.45) is 0 Å². The zero-order valence-corrected chi connectivity index (χ0v) is 14.1. The molecule has 0 amide bonds. The number of halogens is 1. The number of pyridine rings is 1. The molecule has 2 unspecified atom stereocenters. The predicted molar refractivity (Wildman–Crippen MR) is 91.4 cm³/mol. The maximum atomic E-state index is 4.27. The van der Waals surface area contributed by atoms with Gasteiger partial charge in [-0.1, -0.05) is 30.3 Å². The zero-order chi connectivity index (χ0) is 14.9. The van der Waals surface area contributed by atoms with Crippen LogP contribution in [0.3, 0.4) is 0 Å². The van der Waals surface area contributed by atoms with Crippen LogP contribution in [0.2, 0.25) is 0 Å². The summed E-state index contributed by atoms with van der Waals surface area (Å²) in [7, 11) is 0. The molecule has 2 atom stereocenters. The largest absolute Gasteiger partial charge is 0.296 e. The first-order valence-corrected chi connectivity index (χ1v) is 8.69. The number of nitrogens with zero attached hydrogens (tertiary/aromatic N) is 3. The van der Waals surface area contributed by atoms with Crippen LogP contribution in [0, 0.1) is 0 Å². The van der Waals surface area contributed by atoms with E-state index in [1.54, 1.807) is 0 Å². The van der Waals surface area contributed by atoms with Gasteiger partial charge in [-0.25, -0.2) is 0 Å². The van der Waals surface area contributed by atoms with E-state index < -0.39 is 0 Å². The third-order valence-electron chi connectivity index (χ3n) is 4.80. The second kappa shape index (κ2) is 6.11. The van der Waals surface area contributed by atoms with Crippen LogP contribution in [0.1, 0.15) is 17.5 Å². The fourth-order valence-electron chi connectivity index (χ4n) is 3.76. The fraction of sp³-hybridized carbons (Fsp3) is 0.389. The first-order valence-electron chi connectivity index (χ1n) is 7.89. The zero-order valence-electron chi connectivity index (χ0n) is 12.5. The maximum Gasteiger partial charge on any atom is 0.0410 e. The molecule has 2 bridgehead atoms. The van der Waals surface area contributed by atoms with E-state index in [-0.39, 0.29) is 0 Å². The second-order valence-electron chi connectivity index (χ2n) is 6.41. The summed E-state index contributed by atoms with van der Waals surface area (Å²) in [6.45, 7) is 4.47. The lowest BCUT2D eigenvalue weighted by Crippen LogP contribution is -2.67. The molecule has 3 nitrogen and oxygen atoms in total. The van der Waals surface area contributed by atoms with Crippen molar-refractivity contribution in [2.45, 2.75) is 31.6 Å². The Bertz CT molecular complexity index is 634. The Hall–Kier alpha value is -1.23. The van der Waals surface area contributed by atoms with Gasteiger partial charge in [-0.2, -0.15) is 0 Å². The van der Waals surface area contributed by atoms with Crippen LogP contribution in [-0.2, 0) is 13.1 Å². The van der Waals surface area contributed by atoms with Crippen LogP contribution in [0.4, 0.5) is 0 Å². The van der Waals surface area contributed by atoms with Crippen molar-refractivity contribution >= 4 is 15.9 Å². The normalized spacial score (nSPS) is 25.0. The molecule has 114 valence electrons. The number of hydrogen-bond donors (Lipinski definition) is 0. The average molecular weight is 358 g/mol. The van der Waals surface area contributed by atoms with Crippen molar-refractivity contribution in [3.63, 3.8) is 0 Å². The third-order valence-corrected chi connectivity index (χ3v) is 5.23. The summed E-state index contributed by atoms with van der Waals surface area (Å²) in [5, 5.41) is 0. The van der Waals surface area contributed by atoms with Crippen molar-refractivity contribution in [1.82, 2.24) is 14.8 Å². The highest BCUT2D eigenvalue weighted by atomic mass is 79.9. The number of hydrogen-bond acceptors (Lipinski definition) is 3. The van der Waals surface area contributed by atoms with Gasteiger partial charge < -0.3 is 0 Å². The monoisotopic (exact) mass is 357 g/mol. The first-order chi connectivity index (χ1) is 10.8. The summed E-state index contributed by atoms with van der Waals surface area (Å²) in [6.07, 6.45) is 5.19. The highest BCUT2D eigenvalue weighted by Crippen LogP contribution is 2.34. The molecule has 0 saturated carbocycles. The molecule has 2 aromatic rings. The van der Waals surface area contributed by atoms with E-state index in [2.05, 4.69) is 67.1 Å². The average Bonchev–Trinajstić information content (AvgIpc) is 2.54. The molecule has 3 aliphatic rings. The topological polar surface area (TPSA) is 19.4 Å². The minimum absolute atomic E-state index is 0.721. The SMILES string of the molecule is Brc1cncc(CN2CC3CC(C2)N3Cc2ccccc2)c1. The number of aromatic nitrogens is 1. The molecule has 0 spiro atoms. The van der Waals surface area contributed by atoms with E-state index in [0.717, 1.165) is 29.6 Å². The highest BCUT2D eigenvalue weighted by molar-refractivity contribution is 9.10. The summed E-state index contributed by atoms with van der Waals surface area (Å²) < 4.78 is 1.07. The Kier molecular flexibility index (Phi) is 3.99. The van der Waals surface area contributed by atoms with Gasteiger partial charge in [-0.15, -0.1) is 0 Å². The Morgan fingerprint density at radius 1 is 1.00 bits per heavy atom. The van der Waals surface area contributed by atoms with E-state index >= 15 is 0 Å². The van der Waals surface area contributed by atoms with Gasteiger partial charge in [0.25, 0.3) is 0 Å². The van der Waals surface area contributed by atoms with E-state index in [4.69, 9.17) is 0 Å². The molecule has 0 aliphatic carbocycles. The Morgan fingerprint density at radius 2 is 1.77 bits per heavy atom. The van der Waals surface area contributed by atoms with Crippen LogP contribution in [0.5, 0.6) is 0 Å². The molecule has 3 aliphatic heterocycles. The van der Waals surface area contributed by atoms with Crippen LogP contribution in [0.25, 0.3) is 0 Å². The molecule has 4 heterocycles. The number of rotatable bonds is 4. The molecule has 3 fully saturated rings. The summed E-state index contributed by atoms with van der Waals surface area (Å²) in [5.41, 5.74) is 2.73. The van der Waals surface area contributed by atoms with Crippen molar-refractivity contribution in [3.8, 4) is 0 Å². The van der Waals surface area contributed by atoms with Crippen LogP contribution < -0.4 is 0 Å². The van der Waals surface area contributed by atoms with E-state index in [1.807, 2.05) is 12.4 Å². The van der Waals surface area contributed by atoms with Gasteiger partial charge in [0.1, 0.15) is 0 Å². The molecule has 1 aromatic heterocycles. The minimum Gasteiger partial charge on any atom is -0.296 e. The lowest BCUT2D eigenvalue weighted by Gasteiger charge is -2.56. The molecule has 4 heteroatoms. The van der Waals surface area contributed by atoms with Crippen LogP contribution in [-0.4, -0.2) is 40.0 Å². The first kappa shape index (κ1) is 14.4. The van der Waals surface area contributed by atoms with E-state index in [0.29, 0.717) is 0 Å². The smallest absolute Gasteiger partial charge is 0.0410 e. The summed E-state index contributed by atoms with van der Waals surface area (Å²) in [5.74, 6) is 0. The van der Waals surface area contributed by atoms with E-state index in [1.165, 1.54) is 30.6 Å². The second-order valence-corrected chi connectivity index (χ2v) is 7.32. The van der Waals surface area contributed by atoms with E-state index in [9.17, 15) is 0 Å². The molecule has 3 saturated heterocycles. The summed E-state index contributed by atoms with van der Waals surface area (Å²) >= 11 is 3.50. The number of piperazine rings is 1. The van der Waals surface area contributed by atoms with Gasteiger partial charge in [0.15, 0.2) is 0 Å². The summed E-state index contributed by atoms with van der Waals surface area (Å²) in [6, 6.07) is 14.5. The fourth-order valence-corrected chi connectivity index (χ4v) is 4.17. The van der Waals surface area contributed by atoms with Gasteiger partial charge in [0, 0.05) is 55.1 Å². The lowest BCUT2D eigenvalue weighted by atomic mass is 9.86. The van der Waals surface area contributed by atoms with Gasteiger partial charge in [-0.05, 0) is 39.5 Å². The van der Waals surface area contributed by atoms with Crippen molar-refractivity contribution in [2.75, 3.05) is 13.1 Å². The van der Waals surface area contributed by atoms with Gasteiger partial charge in [0.05, 0.1) is 0 Å². The molecule has 0 radical (unpaired) electrons. The number of piperidine rings is 1. The standard InChI is InChI=1S/C18H20BrN3/c19-16-6-15(8-20-9-16)10-21-12-17-7-18(13-21)22(17)11-14-4-2-1-3-5-14/h1-6,8-9,17-18H,7,10-13H2. The molecule has 22 heavy (non-hydrogen) atoms. The van der Waals surface area contributed by atoms with Crippen molar-refractivity contribution in [1.29, 1.82) is 0 Å². The highest BCUT2D eigenvalue weighted by Gasteiger charge is 2.43. The number of fused-ring (bicyclic) bond motifs is 2. The molecule has 0 N–H and O–H groups in total. The maximum absolute atomic E-state index is 4.27. The van der Waals surface area contributed by atoms with Crippen LogP contribution in [0.15, 0.2) is 53.3 Å². The Morgan fingerprint density at radius 3 is 2.50 bits per heavy atom. The van der Waals surface area contributed by atoms with Gasteiger partial charge in [-0.3, -0.25) is 14.8 Å². The molecule has 1 aromatic carbocycles. The van der Waals surface area contributed by atoms with Crippen molar-refractivity contribution in [3.05, 3.63) is 64.4 Å². The van der Waals surface area contributed by atoms with Gasteiger partial charge >= 0.3 is 0 Å². The van der Waals surface area contributed by atoms with Gasteiger partial charge in [0.2, 0.25) is 0 Å². The minimum atomic E-state index is 0.721. The Balaban J connectivity index is 1.36. The lowest BCUT2D eigenvalue weighted by molar-refractivity contribution is -0.0774. The third kappa shape index (κ3) is 2.96. The molecule has 5 rings (SSSR count). The Labute approximate surface area is 140 Å². The van der Waals surface area contributed by atoms with Crippen LogP contribution >= 0.6 is 15.9 Å². The molecular formula is C18H20BrN3. The predicted octanol–water partition coefficient (Wildman–Crippen LogP) is 3.30.